The zero-order valence-corrected chi connectivity index (χ0v) is 12.5. The quantitative estimate of drug-likeness (QED) is 0.888. The molecule has 112 valence electrons. The minimum absolute atomic E-state index is 0.00823. The van der Waals surface area contributed by atoms with Gasteiger partial charge >= 0.3 is 0 Å². The van der Waals surface area contributed by atoms with Gasteiger partial charge in [-0.15, -0.1) is 5.10 Å². The second kappa shape index (κ2) is 6.83. The monoisotopic (exact) mass is 280 g/mol. The molecule has 1 aliphatic heterocycles. The van der Waals surface area contributed by atoms with Crippen LogP contribution in [0.15, 0.2) is 6.20 Å². The molecule has 1 amide bonds. The Labute approximate surface area is 119 Å². The van der Waals surface area contributed by atoms with Gasteiger partial charge in [0.2, 0.25) is 5.91 Å². The Morgan fingerprint density at radius 3 is 3.10 bits per heavy atom. The first-order valence-corrected chi connectivity index (χ1v) is 7.31. The van der Waals surface area contributed by atoms with Gasteiger partial charge in [-0.3, -0.25) is 4.79 Å². The van der Waals surface area contributed by atoms with E-state index in [1.54, 1.807) is 10.9 Å². The summed E-state index contributed by atoms with van der Waals surface area (Å²) in [5.41, 5.74) is 1.02. The molecule has 2 rings (SSSR count). The molecule has 6 nitrogen and oxygen atoms in total. The average Bonchev–Trinajstić information content (AvgIpc) is 2.81. The van der Waals surface area contributed by atoms with Gasteiger partial charge in [0.1, 0.15) is 6.73 Å². The molecule has 0 aliphatic carbocycles. The van der Waals surface area contributed by atoms with Crippen LogP contribution >= 0.6 is 0 Å². The molecule has 0 saturated heterocycles. The van der Waals surface area contributed by atoms with Crippen molar-refractivity contribution in [1.29, 1.82) is 0 Å². The summed E-state index contributed by atoms with van der Waals surface area (Å²) >= 11 is 0. The lowest BCUT2D eigenvalue weighted by Crippen LogP contribution is -2.41. The highest BCUT2D eigenvalue weighted by molar-refractivity contribution is 5.78. The lowest BCUT2D eigenvalue weighted by Gasteiger charge is -2.22. The van der Waals surface area contributed by atoms with Crippen LogP contribution in [0.2, 0.25) is 0 Å². The first-order valence-electron chi connectivity index (χ1n) is 7.31. The largest absolute Gasteiger partial charge is 0.357 e. The third kappa shape index (κ3) is 4.03. The van der Waals surface area contributed by atoms with Crippen LogP contribution in [-0.2, 0) is 22.7 Å². The Morgan fingerprint density at radius 1 is 1.55 bits per heavy atom. The summed E-state index contributed by atoms with van der Waals surface area (Å²) in [5.74, 6) is 0.623. The number of hydrogen-bond acceptors (Lipinski definition) is 4. The maximum Gasteiger partial charge on any atom is 0.223 e. The van der Waals surface area contributed by atoms with Crippen LogP contribution in [-0.4, -0.2) is 33.5 Å². The van der Waals surface area contributed by atoms with Crippen molar-refractivity contribution in [3.63, 3.8) is 0 Å². The zero-order valence-electron chi connectivity index (χ0n) is 12.5. The molecule has 0 unspecified atom stereocenters. The first kappa shape index (κ1) is 15.0. The van der Waals surface area contributed by atoms with E-state index in [1.165, 1.54) is 0 Å². The summed E-state index contributed by atoms with van der Waals surface area (Å²) in [6.45, 7) is 7.17. The van der Waals surface area contributed by atoms with Crippen LogP contribution in [0.25, 0.3) is 0 Å². The van der Waals surface area contributed by atoms with Gasteiger partial charge < -0.3 is 10.1 Å². The Bertz CT molecular complexity index is 444. The molecule has 1 aliphatic rings. The number of nitrogens with one attached hydrogen (secondary N) is 1. The second-order valence-electron chi connectivity index (χ2n) is 6.00. The summed E-state index contributed by atoms with van der Waals surface area (Å²) < 4.78 is 7.47. The van der Waals surface area contributed by atoms with Crippen molar-refractivity contribution >= 4 is 5.91 Å². The predicted molar refractivity (Wildman–Crippen MR) is 74.8 cm³/mol. The van der Waals surface area contributed by atoms with Crippen molar-refractivity contribution in [3.05, 3.63) is 11.9 Å². The molecule has 1 aromatic rings. The van der Waals surface area contributed by atoms with Crippen molar-refractivity contribution in [2.24, 2.45) is 11.8 Å². The van der Waals surface area contributed by atoms with E-state index in [-0.39, 0.29) is 17.9 Å². The number of nitrogens with zero attached hydrogens (tertiary/aromatic N) is 3. The highest BCUT2D eigenvalue weighted by atomic mass is 16.5. The minimum Gasteiger partial charge on any atom is -0.357 e. The molecular weight excluding hydrogens is 256 g/mol. The number of aryl methyl sites for hydroxylation is 1. The standard InChI is InChI=1S/C14H24N4O2/c1-10(2)6-12-8-20-9-18-13(7-15-17-18)5-4-11(3)14(19)16-12/h7,10-12H,4-6,8-9H2,1-3H3,(H,16,19)/t11-,12-/m0/s1. The Balaban J connectivity index is 2.08. The van der Waals surface area contributed by atoms with Crippen molar-refractivity contribution in [1.82, 2.24) is 20.3 Å². The zero-order chi connectivity index (χ0) is 14.5. The van der Waals surface area contributed by atoms with Crippen LogP contribution in [0.4, 0.5) is 0 Å². The van der Waals surface area contributed by atoms with Gasteiger partial charge in [-0.1, -0.05) is 26.0 Å². The molecule has 0 bridgehead atoms. The highest BCUT2D eigenvalue weighted by Gasteiger charge is 2.20. The fraction of sp³-hybridized carbons (Fsp3) is 0.786. The molecule has 6 heteroatoms. The molecule has 0 aromatic carbocycles. The third-order valence-electron chi connectivity index (χ3n) is 3.61. The van der Waals surface area contributed by atoms with Crippen molar-refractivity contribution < 1.29 is 9.53 Å². The fourth-order valence-corrected chi connectivity index (χ4v) is 2.44. The number of aromatic nitrogens is 3. The molecule has 1 aromatic heterocycles. The normalized spacial score (nSPS) is 24.9. The van der Waals surface area contributed by atoms with Gasteiger partial charge in [0, 0.05) is 5.92 Å². The molecule has 0 spiro atoms. The Morgan fingerprint density at radius 2 is 2.35 bits per heavy atom. The summed E-state index contributed by atoms with van der Waals surface area (Å²) in [6, 6.07) is 0.0648. The minimum atomic E-state index is -0.00823. The molecular formula is C14H24N4O2. The van der Waals surface area contributed by atoms with Gasteiger partial charge in [0.05, 0.1) is 24.5 Å². The van der Waals surface area contributed by atoms with E-state index in [9.17, 15) is 4.79 Å². The van der Waals surface area contributed by atoms with Crippen LogP contribution in [0.5, 0.6) is 0 Å². The van der Waals surface area contributed by atoms with Gasteiger partial charge in [0.15, 0.2) is 0 Å². The highest BCUT2D eigenvalue weighted by Crippen LogP contribution is 2.13. The van der Waals surface area contributed by atoms with E-state index < -0.39 is 0 Å². The summed E-state index contributed by atoms with van der Waals surface area (Å²) in [7, 11) is 0. The SMILES string of the molecule is CC(C)C[C@H]1COCn2nncc2CC[C@H](C)C(=O)N1. The number of fused-ring (bicyclic) bond motifs is 1. The van der Waals surface area contributed by atoms with Gasteiger partial charge in [-0.25, -0.2) is 4.68 Å². The lowest BCUT2D eigenvalue weighted by atomic mass is 10.0. The van der Waals surface area contributed by atoms with E-state index in [4.69, 9.17) is 4.74 Å². The third-order valence-corrected chi connectivity index (χ3v) is 3.61. The van der Waals surface area contributed by atoms with Crippen LogP contribution in [0.1, 0.15) is 39.3 Å². The summed E-state index contributed by atoms with van der Waals surface area (Å²) in [4.78, 5) is 12.2. The smallest absolute Gasteiger partial charge is 0.223 e. The number of hydrogen-bond donors (Lipinski definition) is 1. The maximum absolute atomic E-state index is 12.2. The van der Waals surface area contributed by atoms with Gasteiger partial charge in [-0.05, 0) is 25.2 Å². The number of amides is 1. The predicted octanol–water partition coefficient (Wildman–Crippen LogP) is 1.37. The van der Waals surface area contributed by atoms with E-state index in [2.05, 4.69) is 29.5 Å². The second-order valence-corrected chi connectivity index (χ2v) is 6.00. The Kier molecular flexibility index (Phi) is 5.11. The topological polar surface area (TPSA) is 69.0 Å². The van der Waals surface area contributed by atoms with Gasteiger partial charge in [-0.2, -0.15) is 0 Å². The number of rotatable bonds is 2. The molecule has 20 heavy (non-hydrogen) atoms. The van der Waals surface area contributed by atoms with Crippen molar-refractivity contribution in [3.8, 4) is 0 Å². The Hall–Kier alpha value is -1.43. The number of carbonyl (C=O) groups excluding carboxylic acids is 1. The van der Waals surface area contributed by atoms with Crippen LogP contribution in [0.3, 0.4) is 0 Å². The molecule has 2 heterocycles. The van der Waals surface area contributed by atoms with Crippen molar-refractivity contribution in [2.75, 3.05) is 6.61 Å². The van der Waals surface area contributed by atoms with E-state index in [0.717, 1.165) is 25.0 Å². The van der Waals surface area contributed by atoms with E-state index in [0.29, 0.717) is 19.3 Å². The van der Waals surface area contributed by atoms with Crippen LogP contribution < -0.4 is 5.32 Å². The molecule has 2 atom stereocenters. The summed E-state index contributed by atoms with van der Waals surface area (Å²) in [5, 5.41) is 11.0. The molecule has 0 fully saturated rings. The van der Waals surface area contributed by atoms with Crippen LogP contribution in [0, 0.1) is 11.8 Å². The fourth-order valence-electron chi connectivity index (χ4n) is 2.44. The molecule has 0 saturated carbocycles. The van der Waals surface area contributed by atoms with E-state index in [1.807, 2.05) is 6.92 Å². The van der Waals surface area contributed by atoms with Crippen molar-refractivity contribution in [2.45, 2.75) is 52.8 Å². The summed E-state index contributed by atoms with van der Waals surface area (Å²) in [6.07, 6.45) is 4.26. The van der Waals surface area contributed by atoms with E-state index >= 15 is 0 Å². The lowest BCUT2D eigenvalue weighted by molar-refractivity contribution is -0.126. The average molecular weight is 280 g/mol. The molecule has 1 N–H and O–H groups in total. The molecule has 0 radical (unpaired) electrons. The maximum atomic E-state index is 12.2. The number of carbonyl (C=O) groups is 1. The number of ether oxygens (including phenoxy) is 1. The first-order chi connectivity index (χ1) is 9.56. The van der Waals surface area contributed by atoms with Gasteiger partial charge in [0.25, 0.3) is 0 Å².